The normalized spacial score (nSPS) is 12.6. The highest BCUT2D eigenvalue weighted by Gasteiger charge is 2.04. The molecule has 0 aliphatic heterocycles. The number of hydrogen-bond acceptors (Lipinski definition) is 4. The van der Waals surface area contributed by atoms with Crippen molar-refractivity contribution in [2.45, 2.75) is 19.4 Å². The third kappa shape index (κ3) is 3.47. The van der Waals surface area contributed by atoms with Gasteiger partial charge in [0.25, 0.3) is 0 Å². The van der Waals surface area contributed by atoms with E-state index in [2.05, 4.69) is 9.97 Å². The predicted molar refractivity (Wildman–Crippen MR) is 56.6 cm³/mol. The van der Waals surface area contributed by atoms with Crippen LogP contribution in [0.3, 0.4) is 0 Å². The second-order valence-electron chi connectivity index (χ2n) is 3.26. The second kappa shape index (κ2) is 5.12. The monoisotopic (exact) mass is 215 g/mol. The van der Waals surface area contributed by atoms with Gasteiger partial charge in [-0.15, -0.1) is 0 Å². The van der Waals surface area contributed by atoms with E-state index in [9.17, 15) is 0 Å². The fourth-order valence-corrected chi connectivity index (χ4v) is 1.15. The summed E-state index contributed by atoms with van der Waals surface area (Å²) in [7, 11) is 1.89. The number of hydrogen-bond donors (Lipinski definition) is 1. The molecule has 0 spiro atoms. The maximum Gasteiger partial charge on any atom is 0.149 e. The summed E-state index contributed by atoms with van der Waals surface area (Å²) in [6.07, 6.45) is 3.54. The highest BCUT2D eigenvalue weighted by atomic mass is 35.5. The van der Waals surface area contributed by atoms with Crippen LogP contribution in [0.2, 0.25) is 5.15 Å². The first kappa shape index (κ1) is 11.2. The summed E-state index contributed by atoms with van der Waals surface area (Å²) >= 11 is 5.70. The zero-order valence-electron chi connectivity index (χ0n) is 8.31. The van der Waals surface area contributed by atoms with Gasteiger partial charge in [0.2, 0.25) is 0 Å². The van der Waals surface area contributed by atoms with Gasteiger partial charge < -0.3 is 10.0 Å². The molecular weight excluding hydrogens is 202 g/mol. The van der Waals surface area contributed by atoms with E-state index in [0.29, 0.717) is 11.6 Å². The largest absolute Gasteiger partial charge is 0.393 e. The Morgan fingerprint density at radius 3 is 2.86 bits per heavy atom. The molecule has 78 valence electrons. The van der Waals surface area contributed by atoms with E-state index >= 15 is 0 Å². The average Bonchev–Trinajstić information content (AvgIpc) is 2.14. The van der Waals surface area contributed by atoms with Gasteiger partial charge in [-0.3, -0.25) is 4.98 Å². The highest BCUT2D eigenvalue weighted by Crippen LogP contribution is 2.11. The van der Waals surface area contributed by atoms with Crippen molar-refractivity contribution in [3.8, 4) is 0 Å². The molecule has 0 aromatic carbocycles. The first-order chi connectivity index (χ1) is 6.59. The van der Waals surface area contributed by atoms with Gasteiger partial charge in [0.05, 0.1) is 18.5 Å². The summed E-state index contributed by atoms with van der Waals surface area (Å²) in [5.41, 5.74) is 0. The Balaban J connectivity index is 2.56. The molecule has 1 N–H and O–H groups in total. The van der Waals surface area contributed by atoms with Crippen LogP contribution in [0.15, 0.2) is 12.4 Å². The Hall–Kier alpha value is -0.870. The van der Waals surface area contributed by atoms with E-state index < -0.39 is 0 Å². The van der Waals surface area contributed by atoms with Crippen molar-refractivity contribution in [3.05, 3.63) is 17.5 Å². The predicted octanol–water partition coefficient (Wildman–Crippen LogP) is 1.34. The molecule has 0 fully saturated rings. The molecule has 0 saturated heterocycles. The van der Waals surface area contributed by atoms with Gasteiger partial charge in [0.15, 0.2) is 0 Å². The highest BCUT2D eigenvalue weighted by molar-refractivity contribution is 6.29. The number of halogens is 1. The molecule has 0 saturated carbocycles. The van der Waals surface area contributed by atoms with E-state index in [1.165, 1.54) is 6.20 Å². The molecule has 1 heterocycles. The lowest BCUT2D eigenvalue weighted by atomic mass is 10.3. The summed E-state index contributed by atoms with van der Waals surface area (Å²) in [6, 6.07) is 0. The minimum absolute atomic E-state index is 0.301. The molecule has 0 unspecified atom stereocenters. The first-order valence-corrected chi connectivity index (χ1v) is 4.84. The minimum Gasteiger partial charge on any atom is -0.393 e. The summed E-state index contributed by atoms with van der Waals surface area (Å²) in [5.74, 6) is 0.721. The number of rotatable bonds is 4. The van der Waals surface area contributed by atoms with Gasteiger partial charge in [0.1, 0.15) is 11.0 Å². The Kier molecular flexibility index (Phi) is 4.10. The van der Waals surface area contributed by atoms with E-state index in [0.717, 1.165) is 12.4 Å². The van der Waals surface area contributed by atoms with Crippen LogP contribution in [-0.4, -0.2) is 34.8 Å². The molecule has 4 nitrogen and oxygen atoms in total. The molecule has 0 amide bonds. The third-order valence-corrected chi connectivity index (χ3v) is 2.05. The lowest BCUT2D eigenvalue weighted by Gasteiger charge is -2.18. The van der Waals surface area contributed by atoms with Crippen molar-refractivity contribution in [1.29, 1.82) is 0 Å². The quantitative estimate of drug-likeness (QED) is 0.824. The Labute approximate surface area is 88.6 Å². The molecule has 1 aromatic rings. The van der Waals surface area contributed by atoms with E-state index in [4.69, 9.17) is 16.7 Å². The molecule has 1 rings (SSSR count). The molecule has 0 aliphatic carbocycles. The van der Waals surface area contributed by atoms with E-state index in [-0.39, 0.29) is 6.10 Å². The zero-order chi connectivity index (χ0) is 10.6. The van der Waals surface area contributed by atoms with Crippen LogP contribution >= 0.6 is 11.6 Å². The lowest BCUT2D eigenvalue weighted by molar-refractivity contribution is 0.187. The maximum atomic E-state index is 9.11. The van der Waals surface area contributed by atoms with Crippen molar-refractivity contribution >= 4 is 17.4 Å². The zero-order valence-corrected chi connectivity index (χ0v) is 9.07. The second-order valence-corrected chi connectivity index (χ2v) is 3.65. The van der Waals surface area contributed by atoms with Crippen LogP contribution < -0.4 is 4.90 Å². The van der Waals surface area contributed by atoms with Crippen molar-refractivity contribution < 1.29 is 5.11 Å². The molecule has 5 heteroatoms. The third-order valence-electron chi connectivity index (χ3n) is 1.87. The average molecular weight is 216 g/mol. The molecule has 1 aromatic heterocycles. The number of nitrogens with zero attached hydrogens (tertiary/aromatic N) is 3. The van der Waals surface area contributed by atoms with Gasteiger partial charge >= 0.3 is 0 Å². The van der Waals surface area contributed by atoms with Crippen molar-refractivity contribution in [2.75, 3.05) is 18.5 Å². The number of anilines is 1. The van der Waals surface area contributed by atoms with Crippen LogP contribution in [0.5, 0.6) is 0 Å². The van der Waals surface area contributed by atoms with Gasteiger partial charge in [-0.25, -0.2) is 4.98 Å². The van der Waals surface area contributed by atoms with Gasteiger partial charge in [-0.05, 0) is 13.3 Å². The topological polar surface area (TPSA) is 49.2 Å². The van der Waals surface area contributed by atoms with E-state index in [1.807, 2.05) is 11.9 Å². The Morgan fingerprint density at radius 2 is 2.29 bits per heavy atom. The summed E-state index contributed by atoms with van der Waals surface area (Å²) in [6.45, 7) is 2.49. The fraction of sp³-hybridized carbons (Fsp3) is 0.556. The van der Waals surface area contributed by atoms with Crippen LogP contribution in [0.4, 0.5) is 5.82 Å². The minimum atomic E-state index is -0.301. The smallest absolute Gasteiger partial charge is 0.149 e. The van der Waals surface area contributed by atoms with Crippen LogP contribution in [-0.2, 0) is 0 Å². The van der Waals surface area contributed by atoms with Crippen molar-refractivity contribution in [2.24, 2.45) is 0 Å². The molecule has 0 radical (unpaired) electrons. The molecule has 0 bridgehead atoms. The summed E-state index contributed by atoms with van der Waals surface area (Å²) in [4.78, 5) is 9.94. The SMILES string of the molecule is C[C@H](O)CCN(C)c1cncc(Cl)n1. The molecule has 0 aliphatic rings. The van der Waals surface area contributed by atoms with Crippen molar-refractivity contribution in [1.82, 2.24) is 9.97 Å². The molecule has 14 heavy (non-hydrogen) atoms. The van der Waals surface area contributed by atoms with Crippen LogP contribution in [0, 0.1) is 0 Å². The van der Waals surface area contributed by atoms with Crippen molar-refractivity contribution in [3.63, 3.8) is 0 Å². The molecule has 1 atom stereocenters. The van der Waals surface area contributed by atoms with E-state index in [1.54, 1.807) is 13.1 Å². The number of aromatic nitrogens is 2. The standard InChI is InChI=1S/C9H14ClN3O/c1-7(14)3-4-13(2)9-6-11-5-8(10)12-9/h5-7,14H,3-4H2,1-2H3/t7-/m0/s1. The molecular formula is C9H14ClN3O. The fourth-order valence-electron chi connectivity index (χ4n) is 1.01. The first-order valence-electron chi connectivity index (χ1n) is 4.46. The lowest BCUT2D eigenvalue weighted by Crippen LogP contribution is -2.22. The summed E-state index contributed by atoms with van der Waals surface area (Å²) < 4.78 is 0. The van der Waals surface area contributed by atoms with Gasteiger partial charge in [-0.1, -0.05) is 11.6 Å². The maximum absolute atomic E-state index is 9.11. The van der Waals surface area contributed by atoms with Gasteiger partial charge in [-0.2, -0.15) is 0 Å². The summed E-state index contributed by atoms with van der Waals surface area (Å²) in [5, 5.41) is 9.49. The number of aliphatic hydroxyl groups excluding tert-OH is 1. The Morgan fingerprint density at radius 1 is 1.57 bits per heavy atom. The Bertz CT molecular complexity index is 293. The number of aliphatic hydroxyl groups is 1. The van der Waals surface area contributed by atoms with Crippen LogP contribution in [0.1, 0.15) is 13.3 Å². The van der Waals surface area contributed by atoms with Crippen LogP contribution in [0.25, 0.3) is 0 Å². The van der Waals surface area contributed by atoms with Gasteiger partial charge in [0, 0.05) is 13.6 Å².